The molecule has 2 amide bonds. The standard InChI is InChI=1S/C33H49N3O6/c1-32(2,3)42-31(41)36-25(19-23-14-10-7-11-15-23)28(39)21-34-20-27(38)24(18-22-12-8-6-9-13-22)35-30(40)29-26(37)16-17-33(29,4)5/h6-15,24-29,34,37-39H,16-21H2,1-5H3,(H,35,40)(H,36,41)/t24-,25-,26+,27+,28+,29?/m0/s1. The summed E-state index contributed by atoms with van der Waals surface area (Å²) in [7, 11) is 0. The van der Waals surface area contributed by atoms with E-state index in [0.29, 0.717) is 19.3 Å². The van der Waals surface area contributed by atoms with Crippen molar-refractivity contribution in [1.29, 1.82) is 0 Å². The molecule has 3 rings (SSSR count). The summed E-state index contributed by atoms with van der Waals surface area (Å²) < 4.78 is 5.41. The molecule has 0 bridgehead atoms. The zero-order valence-corrected chi connectivity index (χ0v) is 25.5. The molecule has 1 unspecified atom stereocenters. The van der Waals surface area contributed by atoms with E-state index < -0.39 is 48.0 Å². The Bertz CT molecular complexity index is 1120. The molecule has 1 aliphatic rings. The summed E-state index contributed by atoms with van der Waals surface area (Å²) in [6.07, 6.45) is -1.20. The first kappa shape index (κ1) is 33.5. The van der Waals surface area contributed by atoms with Crippen molar-refractivity contribution in [2.24, 2.45) is 11.3 Å². The molecule has 0 radical (unpaired) electrons. The fraction of sp³-hybridized carbons (Fsp3) is 0.576. The van der Waals surface area contributed by atoms with E-state index in [1.807, 2.05) is 74.5 Å². The number of alkyl carbamates (subject to hydrolysis) is 1. The number of aliphatic hydroxyl groups excluding tert-OH is 3. The van der Waals surface area contributed by atoms with Crippen LogP contribution in [-0.4, -0.2) is 76.4 Å². The van der Waals surface area contributed by atoms with Gasteiger partial charge in [0.1, 0.15) is 5.60 Å². The molecule has 6 atom stereocenters. The van der Waals surface area contributed by atoms with Crippen molar-refractivity contribution in [3.05, 3.63) is 71.8 Å². The number of hydrogen-bond acceptors (Lipinski definition) is 7. The second-order valence-electron chi connectivity index (χ2n) is 13.1. The van der Waals surface area contributed by atoms with Crippen LogP contribution in [0.3, 0.4) is 0 Å². The van der Waals surface area contributed by atoms with E-state index in [1.165, 1.54) is 0 Å². The fourth-order valence-corrected chi connectivity index (χ4v) is 5.59. The smallest absolute Gasteiger partial charge is 0.407 e. The SMILES string of the molecule is CC(C)(C)OC(=O)N[C@@H](Cc1ccccc1)[C@H](O)CNC[C@@H](O)[C@H](Cc1ccccc1)NC(=O)C1[C@H](O)CCC1(C)C. The average Bonchev–Trinajstić information content (AvgIpc) is 3.19. The van der Waals surface area contributed by atoms with Crippen molar-refractivity contribution < 1.29 is 29.6 Å². The van der Waals surface area contributed by atoms with Gasteiger partial charge < -0.3 is 36.0 Å². The quantitative estimate of drug-likeness (QED) is 0.213. The highest BCUT2D eigenvalue weighted by molar-refractivity contribution is 5.81. The van der Waals surface area contributed by atoms with Crippen molar-refractivity contribution in [3.63, 3.8) is 0 Å². The first-order chi connectivity index (χ1) is 19.7. The van der Waals surface area contributed by atoms with Crippen LogP contribution < -0.4 is 16.0 Å². The molecule has 1 aliphatic carbocycles. The molecule has 232 valence electrons. The predicted octanol–water partition coefficient (Wildman–Crippen LogP) is 2.96. The fourth-order valence-electron chi connectivity index (χ4n) is 5.59. The molecule has 2 aromatic carbocycles. The lowest BCUT2D eigenvalue weighted by molar-refractivity contribution is -0.132. The van der Waals surface area contributed by atoms with E-state index in [-0.39, 0.29) is 24.4 Å². The van der Waals surface area contributed by atoms with Gasteiger partial charge >= 0.3 is 6.09 Å². The van der Waals surface area contributed by atoms with Crippen molar-refractivity contribution in [1.82, 2.24) is 16.0 Å². The van der Waals surface area contributed by atoms with Crippen LogP contribution in [0.15, 0.2) is 60.7 Å². The Morgan fingerprint density at radius 1 is 0.881 bits per heavy atom. The monoisotopic (exact) mass is 583 g/mol. The van der Waals surface area contributed by atoms with Crippen molar-refractivity contribution in [3.8, 4) is 0 Å². The van der Waals surface area contributed by atoms with E-state index in [0.717, 1.165) is 17.5 Å². The zero-order valence-electron chi connectivity index (χ0n) is 25.5. The molecule has 1 saturated carbocycles. The lowest BCUT2D eigenvalue weighted by atomic mass is 9.80. The number of amides is 2. The van der Waals surface area contributed by atoms with E-state index >= 15 is 0 Å². The second-order valence-corrected chi connectivity index (χ2v) is 13.1. The molecular weight excluding hydrogens is 534 g/mol. The molecular formula is C33H49N3O6. The molecule has 9 nitrogen and oxygen atoms in total. The lowest BCUT2D eigenvalue weighted by Gasteiger charge is -2.32. The Balaban J connectivity index is 1.65. The maximum Gasteiger partial charge on any atom is 0.407 e. The van der Waals surface area contributed by atoms with Crippen LogP contribution in [0.25, 0.3) is 0 Å². The van der Waals surface area contributed by atoms with Crippen LogP contribution in [0, 0.1) is 11.3 Å². The van der Waals surface area contributed by atoms with Gasteiger partial charge in [-0.25, -0.2) is 4.79 Å². The van der Waals surface area contributed by atoms with Gasteiger partial charge in [0.05, 0.1) is 36.3 Å². The maximum absolute atomic E-state index is 13.3. The van der Waals surface area contributed by atoms with Gasteiger partial charge in [-0.15, -0.1) is 0 Å². The Morgan fingerprint density at radius 3 is 1.79 bits per heavy atom. The minimum Gasteiger partial charge on any atom is -0.444 e. The van der Waals surface area contributed by atoms with E-state index in [1.54, 1.807) is 20.8 Å². The third-order valence-electron chi connectivity index (χ3n) is 7.86. The summed E-state index contributed by atoms with van der Waals surface area (Å²) in [5.41, 5.74) is 0.873. The molecule has 2 aromatic rings. The molecule has 0 heterocycles. The highest BCUT2D eigenvalue weighted by Gasteiger charge is 2.46. The average molecular weight is 584 g/mol. The van der Waals surface area contributed by atoms with E-state index in [2.05, 4.69) is 16.0 Å². The Hall–Kier alpha value is -2.98. The molecule has 0 spiro atoms. The first-order valence-electron chi connectivity index (χ1n) is 14.9. The first-order valence-corrected chi connectivity index (χ1v) is 14.9. The normalized spacial score (nSPS) is 21.1. The molecule has 1 fully saturated rings. The third-order valence-corrected chi connectivity index (χ3v) is 7.86. The Labute approximate surface area is 250 Å². The zero-order chi connectivity index (χ0) is 30.9. The number of ether oxygens (including phenoxy) is 1. The summed E-state index contributed by atoms with van der Waals surface area (Å²) in [5.74, 6) is -0.829. The predicted molar refractivity (Wildman–Crippen MR) is 163 cm³/mol. The van der Waals surface area contributed by atoms with Crippen LogP contribution in [0.4, 0.5) is 4.79 Å². The van der Waals surface area contributed by atoms with E-state index in [4.69, 9.17) is 4.74 Å². The number of hydrogen-bond donors (Lipinski definition) is 6. The van der Waals surface area contributed by atoms with Gasteiger partial charge in [-0.3, -0.25) is 4.79 Å². The number of aliphatic hydroxyl groups is 3. The highest BCUT2D eigenvalue weighted by Crippen LogP contribution is 2.43. The number of rotatable bonds is 13. The number of benzene rings is 2. The number of carbonyl (C=O) groups is 2. The van der Waals surface area contributed by atoms with Crippen LogP contribution in [0.5, 0.6) is 0 Å². The lowest BCUT2D eigenvalue weighted by Crippen LogP contribution is -2.54. The molecule has 6 N–H and O–H groups in total. The van der Waals surface area contributed by atoms with Gasteiger partial charge in [0, 0.05) is 13.1 Å². The Morgan fingerprint density at radius 2 is 1.36 bits per heavy atom. The second kappa shape index (κ2) is 15.0. The molecule has 0 saturated heterocycles. The van der Waals surface area contributed by atoms with E-state index in [9.17, 15) is 24.9 Å². The molecule has 9 heteroatoms. The number of carbonyl (C=O) groups excluding carboxylic acids is 2. The van der Waals surface area contributed by atoms with Crippen LogP contribution in [0.2, 0.25) is 0 Å². The minimum atomic E-state index is -0.985. The van der Waals surface area contributed by atoms with Crippen LogP contribution in [0.1, 0.15) is 58.6 Å². The van der Waals surface area contributed by atoms with Gasteiger partial charge in [-0.2, -0.15) is 0 Å². The van der Waals surface area contributed by atoms with Gasteiger partial charge in [0.25, 0.3) is 0 Å². The van der Waals surface area contributed by atoms with Gasteiger partial charge in [0.15, 0.2) is 0 Å². The maximum atomic E-state index is 13.3. The summed E-state index contributed by atoms with van der Waals surface area (Å²) in [6.45, 7) is 9.47. The van der Waals surface area contributed by atoms with Crippen LogP contribution >= 0.6 is 0 Å². The van der Waals surface area contributed by atoms with Gasteiger partial charge in [-0.05, 0) is 63.0 Å². The molecule has 42 heavy (non-hydrogen) atoms. The largest absolute Gasteiger partial charge is 0.444 e. The summed E-state index contributed by atoms with van der Waals surface area (Å²) >= 11 is 0. The van der Waals surface area contributed by atoms with Crippen LogP contribution in [-0.2, 0) is 22.4 Å². The van der Waals surface area contributed by atoms with Crippen molar-refractivity contribution in [2.45, 2.75) is 96.3 Å². The third kappa shape index (κ3) is 10.4. The number of nitrogens with one attached hydrogen (secondary N) is 3. The molecule has 0 aromatic heterocycles. The summed E-state index contributed by atoms with van der Waals surface area (Å²) in [4.78, 5) is 25.9. The van der Waals surface area contributed by atoms with Crippen molar-refractivity contribution >= 4 is 12.0 Å². The van der Waals surface area contributed by atoms with Crippen molar-refractivity contribution in [2.75, 3.05) is 13.1 Å². The highest BCUT2D eigenvalue weighted by atomic mass is 16.6. The van der Waals surface area contributed by atoms with Gasteiger partial charge in [-0.1, -0.05) is 74.5 Å². The molecule has 0 aliphatic heterocycles. The minimum absolute atomic E-state index is 0.0880. The summed E-state index contributed by atoms with van der Waals surface area (Å²) in [6, 6.07) is 17.9. The van der Waals surface area contributed by atoms with Gasteiger partial charge in [0.2, 0.25) is 5.91 Å². The Kier molecular flexibility index (Phi) is 11.9. The topological polar surface area (TPSA) is 140 Å². The summed E-state index contributed by atoms with van der Waals surface area (Å²) in [5, 5.41) is 41.7.